The molecule has 2 rings (SSSR count). The Hall–Kier alpha value is -2.20. The lowest BCUT2D eigenvalue weighted by Crippen LogP contribution is -2.54. The van der Waals surface area contributed by atoms with Crippen LogP contribution in [0.4, 0.5) is 0 Å². The summed E-state index contributed by atoms with van der Waals surface area (Å²) in [6.45, 7) is 9.24. The number of amides is 4. The van der Waals surface area contributed by atoms with Crippen molar-refractivity contribution in [2.75, 3.05) is 40.8 Å². The van der Waals surface area contributed by atoms with Crippen molar-refractivity contribution in [1.82, 2.24) is 25.6 Å². The van der Waals surface area contributed by atoms with Crippen molar-refractivity contribution in [3.63, 3.8) is 0 Å². The molecule has 2 saturated carbocycles. The molecule has 5 unspecified atom stereocenters. The number of hydrogen-bond donors (Lipinski definition) is 3. The van der Waals surface area contributed by atoms with Gasteiger partial charge in [-0.2, -0.15) is 0 Å². The van der Waals surface area contributed by atoms with Gasteiger partial charge < -0.3 is 20.2 Å². The molecule has 0 bridgehead atoms. The molecule has 2 aliphatic carbocycles. The third-order valence-corrected chi connectivity index (χ3v) is 8.91. The summed E-state index contributed by atoms with van der Waals surface area (Å²) in [5.41, 5.74) is 2.80. The molecule has 242 valence electrons. The van der Waals surface area contributed by atoms with E-state index in [-0.39, 0.29) is 42.0 Å². The summed E-state index contributed by atoms with van der Waals surface area (Å²) in [6.07, 6.45) is 8.40. The van der Waals surface area contributed by atoms with Gasteiger partial charge >= 0.3 is 0 Å². The van der Waals surface area contributed by atoms with Gasteiger partial charge in [-0.15, -0.1) is 0 Å². The Morgan fingerprint density at radius 3 is 1.90 bits per heavy atom. The van der Waals surface area contributed by atoms with Crippen LogP contribution < -0.4 is 10.7 Å². The molecule has 0 aromatic rings. The number of nitrogens with zero attached hydrogens (tertiary/aromatic N) is 3. The number of carbonyl (C=O) groups excluding carboxylic acids is 4. The zero-order valence-corrected chi connectivity index (χ0v) is 27.4. The van der Waals surface area contributed by atoms with Crippen molar-refractivity contribution in [3.05, 3.63) is 0 Å². The zero-order chi connectivity index (χ0) is 31.4. The molecule has 3 N–H and O–H groups in total. The van der Waals surface area contributed by atoms with Crippen LogP contribution in [0.3, 0.4) is 0 Å². The molecule has 4 amide bonds. The first-order chi connectivity index (χ1) is 19.9. The molecule has 5 atom stereocenters. The lowest BCUT2D eigenvalue weighted by atomic mass is 9.73. The van der Waals surface area contributed by atoms with E-state index in [9.17, 15) is 24.3 Å². The number of nitrogens with one attached hydrogen (secondary N) is 2. The van der Waals surface area contributed by atoms with Crippen LogP contribution in [0.5, 0.6) is 0 Å². The second-order valence-electron chi connectivity index (χ2n) is 13.3. The minimum Gasteiger partial charge on any atom is -0.390 e. The molecular weight excluding hydrogens is 534 g/mol. The molecule has 0 aliphatic heterocycles. The van der Waals surface area contributed by atoms with E-state index in [1.54, 1.807) is 31.1 Å². The first kappa shape index (κ1) is 36.0. The first-order valence-electron chi connectivity index (χ1n) is 16.4. The van der Waals surface area contributed by atoms with Crippen molar-refractivity contribution in [2.45, 2.75) is 110 Å². The molecule has 0 aromatic heterocycles. The molecule has 42 heavy (non-hydrogen) atoms. The van der Waals surface area contributed by atoms with Gasteiger partial charge in [0.1, 0.15) is 0 Å². The first-order valence-corrected chi connectivity index (χ1v) is 16.4. The van der Waals surface area contributed by atoms with E-state index in [0.717, 1.165) is 38.5 Å². The number of aliphatic hydroxyl groups excluding tert-OH is 1. The Morgan fingerprint density at radius 2 is 1.38 bits per heavy atom. The van der Waals surface area contributed by atoms with Crippen LogP contribution in [0.15, 0.2) is 0 Å². The van der Waals surface area contributed by atoms with Crippen molar-refractivity contribution >= 4 is 23.6 Å². The minimum atomic E-state index is -0.891. The van der Waals surface area contributed by atoms with Crippen LogP contribution in [0.2, 0.25) is 0 Å². The molecule has 10 nitrogen and oxygen atoms in total. The maximum atomic E-state index is 13.9. The molecule has 0 aromatic carbocycles. The highest BCUT2D eigenvalue weighted by Crippen LogP contribution is 2.36. The van der Waals surface area contributed by atoms with Gasteiger partial charge in [-0.05, 0) is 44.4 Å². The molecule has 0 radical (unpaired) electrons. The zero-order valence-electron chi connectivity index (χ0n) is 27.4. The Kier molecular flexibility index (Phi) is 15.3. The number of hydrazine groups is 1. The topological polar surface area (TPSA) is 122 Å². The summed E-state index contributed by atoms with van der Waals surface area (Å²) < 4.78 is 0. The van der Waals surface area contributed by atoms with E-state index in [1.165, 1.54) is 6.42 Å². The molecule has 0 spiro atoms. The van der Waals surface area contributed by atoms with Crippen molar-refractivity contribution in [1.29, 1.82) is 0 Å². The average molecular weight is 594 g/mol. The monoisotopic (exact) mass is 593 g/mol. The van der Waals surface area contributed by atoms with Crippen LogP contribution in [-0.2, 0) is 19.2 Å². The third-order valence-electron chi connectivity index (χ3n) is 8.91. The Balaban J connectivity index is 2.23. The number of rotatable bonds is 15. The quantitative estimate of drug-likeness (QED) is 0.251. The number of aliphatic hydroxyl groups is 1. The van der Waals surface area contributed by atoms with Gasteiger partial charge in [-0.1, -0.05) is 59.8 Å². The van der Waals surface area contributed by atoms with E-state index in [1.807, 2.05) is 18.7 Å². The highest BCUT2D eigenvalue weighted by Gasteiger charge is 2.41. The Morgan fingerprint density at radius 1 is 0.833 bits per heavy atom. The van der Waals surface area contributed by atoms with Crippen LogP contribution in [0.1, 0.15) is 98.3 Å². The largest absolute Gasteiger partial charge is 0.390 e. The van der Waals surface area contributed by atoms with Crippen LogP contribution in [0.25, 0.3) is 0 Å². The summed E-state index contributed by atoms with van der Waals surface area (Å²) in [5, 5.41) is 16.1. The van der Waals surface area contributed by atoms with Gasteiger partial charge in [0.2, 0.25) is 23.6 Å². The summed E-state index contributed by atoms with van der Waals surface area (Å²) in [7, 11) is 5.15. The Bertz CT molecular complexity index is 869. The van der Waals surface area contributed by atoms with Gasteiger partial charge in [-0.25, -0.2) is 5.01 Å². The van der Waals surface area contributed by atoms with E-state index in [0.29, 0.717) is 44.7 Å². The normalized spacial score (nSPS) is 22.9. The Labute approximate surface area is 254 Å². The summed E-state index contributed by atoms with van der Waals surface area (Å²) in [4.78, 5) is 56.2. The maximum absolute atomic E-state index is 13.9. The SMILES string of the molecule is CCCN(CCC)C(=O)C1CC(C(=O)NC(CC2CCCCC2)C(O)CN(C)NC(=O)C(C)C)CC(C(=O)N(C)C)C1. The summed E-state index contributed by atoms with van der Waals surface area (Å²) in [6, 6.07) is -0.491. The number of carbonyl (C=O) groups is 4. The summed E-state index contributed by atoms with van der Waals surface area (Å²) >= 11 is 0. The van der Waals surface area contributed by atoms with Gasteiger partial charge in [0.25, 0.3) is 0 Å². The smallest absolute Gasteiger partial charge is 0.236 e. The fourth-order valence-electron chi connectivity index (χ4n) is 6.60. The van der Waals surface area contributed by atoms with E-state index in [4.69, 9.17) is 0 Å². The van der Waals surface area contributed by atoms with Crippen molar-refractivity contribution in [3.8, 4) is 0 Å². The van der Waals surface area contributed by atoms with Gasteiger partial charge in [0, 0.05) is 64.4 Å². The lowest BCUT2D eigenvalue weighted by Gasteiger charge is -2.38. The maximum Gasteiger partial charge on any atom is 0.236 e. The average Bonchev–Trinajstić information content (AvgIpc) is 2.95. The molecule has 2 aliphatic rings. The summed E-state index contributed by atoms with van der Waals surface area (Å²) in [5.74, 6) is -1.41. The number of likely N-dealkylation sites (N-methyl/N-ethyl adjacent to an activating group) is 1. The van der Waals surface area contributed by atoms with E-state index in [2.05, 4.69) is 24.6 Å². The molecule has 10 heteroatoms. The molecule has 2 fully saturated rings. The predicted octanol–water partition coefficient (Wildman–Crippen LogP) is 3.19. The van der Waals surface area contributed by atoms with Crippen LogP contribution in [0, 0.1) is 29.6 Å². The standard InChI is InChI=1S/C32H59N5O5/c1-8-15-37(16-9-2)32(42)26-19-24(18-25(20-26)31(41)35(5)6)30(40)33-27(17-23-13-11-10-12-14-23)28(38)21-36(7)34-29(39)22(3)4/h22-28,38H,8-21H2,1-7H3,(H,33,40)(H,34,39). The van der Waals surface area contributed by atoms with Crippen LogP contribution >= 0.6 is 0 Å². The fourth-order valence-corrected chi connectivity index (χ4v) is 6.60. The second kappa shape index (κ2) is 17.8. The predicted molar refractivity (Wildman–Crippen MR) is 165 cm³/mol. The highest BCUT2D eigenvalue weighted by molar-refractivity contribution is 5.86. The minimum absolute atomic E-state index is 0.0362. The number of hydrogen-bond acceptors (Lipinski definition) is 6. The third kappa shape index (κ3) is 11.1. The van der Waals surface area contributed by atoms with E-state index >= 15 is 0 Å². The van der Waals surface area contributed by atoms with Gasteiger partial charge in [-0.3, -0.25) is 24.6 Å². The van der Waals surface area contributed by atoms with Crippen molar-refractivity contribution < 1.29 is 24.3 Å². The highest BCUT2D eigenvalue weighted by atomic mass is 16.3. The van der Waals surface area contributed by atoms with E-state index < -0.39 is 24.0 Å². The molecule has 0 saturated heterocycles. The molecule has 0 heterocycles. The molecular formula is C32H59N5O5. The van der Waals surface area contributed by atoms with Gasteiger partial charge in [0.05, 0.1) is 12.1 Å². The second-order valence-corrected chi connectivity index (χ2v) is 13.3. The van der Waals surface area contributed by atoms with Gasteiger partial charge in [0.15, 0.2) is 0 Å². The fraction of sp³-hybridized carbons (Fsp3) is 0.875. The van der Waals surface area contributed by atoms with Crippen LogP contribution in [-0.4, -0.2) is 96.5 Å². The van der Waals surface area contributed by atoms with Crippen molar-refractivity contribution in [2.24, 2.45) is 29.6 Å². The lowest BCUT2D eigenvalue weighted by molar-refractivity contribution is -0.143.